The topological polar surface area (TPSA) is 32.3 Å². The predicted molar refractivity (Wildman–Crippen MR) is 83.3 cm³/mol. The van der Waals surface area contributed by atoms with Crippen LogP contribution in [0.2, 0.25) is 0 Å². The molecule has 1 saturated heterocycles. The molecule has 1 aliphatic carbocycles. The fraction of sp³-hybridized carbons (Fsp3) is 0.941. The highest BCUT2D eigenvalue weighted by atomic mass is 16.2. The van der Waals surface area contributed by atoms with Crippen LogP contribution in [-0.4, -0.2) is 29.1 Å². The molecule has 20 heavy (non-hydrogen) atoms. The van der Waals surface area contributed by atoms with Gasteiger partial charge in [0.15, 0.2) is 0 Å². The molecule has 1 heterocycles. The Morgan fingerprint density at radius 2 is 2.10 bits per heavy atom. The Kier molecular flexibility index (Phi) is 5.48. The monoisotopic (exact) mass is 280 g/mol. The third kappa shape index (κ3) is 3.55. The number of carbonyl (C=O) groups is 1. The Morgan fingerprint density at radius 3 is 2.65 bits per heavy atom. The molecule has 2 fully saturated rings. The van der Waals surface area contributed by atoms with E-state index < -0.39 is 0 Å². The molecule has 0 aromatic rings. The Labute approximate surface area is 124 Å². The number of nitrogens with one attached hydrogen (secondary N) is 1. The molecule has 3 nitrogen and oxygen atoms in total. The number of carbonyl (C=O) groups excluding carboxylic acids is 1. The number of hydrogen-bond donors (Lipinski definition) is 1. The summed E-state index contributed by atoms with van der Waals surface area (Å²) in [6.45, 7) is 9.02. The Bertz CT molecular complexity index is 329. The van der Waals surface area contributed by atoms with Crippen LogP contribution in [0.1, 0.15) is 72.6 Å². The largest absolute Gasteiger partial charge is 0.323 e. The van der Waals surface area contributed by atoms with E-state index in [0.29, 0.717) is 17.9 Å². The minimum atomic E-state index is 0.0783. The number of amides is 1. The summed E-state index contributed by atoms with van der Waals surface area (Å²) in [5.41, 5.74) is 0. The van der Waals surface area contributed by atoms with Crippen LogP contribution >= 0.6 is 0 Å². The number of unbranched alkanes of at least 4 members (excludes halogenated alkanes) is 1. The van der Waals surface area contributed by atoms with Gasteiger partial charge in [-0.05, 0) is 43.9 Å². The van der Waals surface area contributed by atoms with Gasteiger partial charge in [0.05, 0.1) is 12.2 Å². The third-order valence-electron chi connectivity index (χ3n) is 4.88. The lowest BCUT2D eigenvalue weighted by molar-refractivity contribution is -0.132. The van der Waals surface area contributed by atoms with Gasteiger partial charge in [-0.15, -0.1) is 0 Å². The smallest absolute Gasteiger partial charge is 0.241 e. The molecule has 1 N–H and O–H groups in total. The van der Waals surface area contributed by atoms with Crippen molar-refractivity contribution in [3.8, 4) is 0 Å². The van der Waals surface area contributed by atoms with Crippen molar-refractivity contribution in [2.24, 2.45) is 11.8 Å². The molecule has 0 bridgehead atoms. The van der Waals surface area contributed by atoms with Gasteiger partial charge in [0.2, 0.25) is 5.91 Å². The van der Waals surface area contributed by atoms with Gasteiger partial charge in [-0.3, -0.25) is 10.1 Å². The van der Waals surface area contributed by atoms with E-state index in [9.17, 15) is 4.79 Å². The maximum Gasteiger partial charge on any atom is 0.241 e. The van der Waals surface area contributed by atoms with E-state index in [-0.39, 0.29) is 12.2 Å². The predicted octanol–water partition coefficient (Wildman–Crippen LogP) is 3.54. The molecule has 0 radical (unpaired) electrons. The van der Waals surface area contributed by atoms with Crippen molar-refractivity contribution >= 4 is 5.91 Å². The summed E-state index contributed by atoms with van der Waals surface area (Å²) in [5.74, 6) is 1.79. The van der Waals surface area contributed by atoms with Crippen molar-refractivity contribution in [3.63, 3.8) is 0 Å². The fourth-order valence-electron chi connectivity index (χ4n) is 3.82. The van der Waals surface area contributed by atoms with Crippen molar-refractivity contribution in [1.29, 1.82) is 0 Å². The molecule has 0 aromatic heterocycles. The van der Waals surface area contributed by atoms with Gasteiger partial charge >= 0.3 is 0 Å². The second-order valence-electron chi connectivity index (χ2n) is 7.32. The normalized spacial score (nSPS) is 34.5. The first-order chi connectivity index (χ1) is 9.52. The lowest BCUT2D eigenvalue weighted by Gasteiger charge is -2.31. The number of rotatable bonds is 6. The first kappa shape index (κ1) is 15.8. The summed E-state index contributed by atoms with van der Waals surface area (Å²) in [6, 6.07) is 0.565. The van der Waals surface area contributed by atoms with Crippen molar-refractivity contribution in [3.05, 3.63) is 0 Å². The molecule has 4 atom stereocenters. The van der Waals surface area contributed by atoms with Crippen LogP contribution in [-0.2, 0) is 4.79 Å². The molecule has 1 amide bonds. The van der Waals surface area contributed by atoms with E-state index in [4.69, 9.17) is 0 Å². The fourth-order valence-corrected chi connectivity index (χ4v) is 3.82. The molecule has 116 valence electrons. The zero-order valence-corrected chi connectivity index (χ0v) is 13.7. The van der Waals surface area contributed by atoms with Crippen molar-refractivity contribution < 1.29 is 4.79 Å². The summed E-state index contributed by atoms with van der Waals surface area (Å²) < 4.78 is 0. The minimum absolute atomic E-state index is 0.0783. The molecule has 0 aromatic carbocycles. The highest BCUT2D eigenvalue weighted by Gasteiger charge is 2.43. The number of nitrogens with zero attached hydrogens (tertiary/aromatic N) is 1. The highest BCUT2D eigenvalue weighted by Crippen LogP contribution is 2.33. The van der Waals surface area contributed by atoms with Gasteiger partial charge < -0.3 is 4.90 Å². The SMILES string of the molecule is CCCCC1NC(CC(C)C)N(C2CCC(C)C2)C1=O. The summed E-state index contributed by atoms with van der Waals surface area (Å²) in [6.07, 6.45) is 8.35. The van der Waals surface area contributed by atoms with E-state index in [2.05, 4.69) is 37.9 Å². The second kappa shape index (κ2) is 6.93. The van der Waals surface area contributed by atoms with Gasteiger partial charge in [-0.2, -0.15) is 0 Å². The van der Waals surface area contributed by atoms with E-state index in [1.807, 2.05) is 0 Å². The quantitative estimate of drug-likeness (QED) is 0.807. The average molecular weight is 280 g/mol. The van der Waals surface area contributed by atoms with Gasteiger partial charge in [-0.1, -0.05) is 40.5 Å². The van der Waals surface area contributed by atoms with Crippen molar-refractivity contribution in [2.75, 3.05) is 0 Å². The molecule has 1 saturated carbocycles. The average Bonchev–Trinajstić information content (AvgIpc) is 2.91. The van der Waals surface area contributed by atoms with Gasteiger partial charge in [-0.25, -0.2) is 0 Å². The molecule has 1 aliphatic heterocycles. The maximum atomic E-state index is 12.8. The van der Waals surface area contributed by atoms with E-state index in [1.54, 1.807) is 0 Å². The van der Waals surface area contributed by atoms with E-state index in [1.165, 1.54) is 25.7 Å². The molecule has 2 rings (SSSR count). The third-order valence-corrected chi connectivity index (χ3v) is 4.88. The van der Waals surface area contributed by atoms with Crippen molar-refractivity contribution in [2.45, 2.75) is 90.9 Å². The van der Waals surface area contributed by atoms with Crippen LogP contribution in [0.25, 0.3) is 0 Å². The molecular weight excluding hydrogens is 248 g/mol. The highest BCUT2D eigenvalue weighted by molar-refractivity contribution is 5.84. The molecule has 4 unspecified atom stereocenters. The lowest BCUT2D eigenvalue weighted by Crippen LogP contribution is -2.44. The summed E-state index contributed by atoms with van der Waals surface area (Å²) in [5, 5.41) is 3.63. The van der Waals surface area contributed by atoms with Crippen LogP contribution in [0.4, 0.5) is 0 Å². The summed E-state index contributed by atoms with van der Waals surface area (Å²) in [7, 11) is 0. The Hall–Kier alpha value is -0.570. The van der Waals surface area contributed by atoms with Crippen molar-refractivity contribution in [1.82, 2.24) is 10.2 Å². The van der Waals surface area contributed by atoms with E-state index in [0.717, 1.165) is 25.2 Å². The van der Waals surface area contributed by atoms with Gasteiger partial charge in [0.1, 0.15) is 0 Å². The lowest BCUT2D eigenvalue weighted by atomic mass is 10.1. The first-order valence-corrected chi connectivity index (χ1v) is 8.61. The van der Waals surface area contributed by atoms with Crippen LogP contribution in [0.15, 0.2) is 0 Å². The Morgan fingerprint density at radius 1 is 1.35 bits per heavy atom. The Balaban J connectivity index is 2.05. The zero-order chi connectivity index (χ0) is 14.7. The second-order valence-corrected chi connectivity index (χ2v) is 7.32. The first-order valence-electron chi connectivity index (χ1n) is 8.61. The summed E-state index contributed by atoms with van der Waals surface area (Å²) in [4.78, 5) is 15.0. The van der Waals surface area contributed by atoms with Gasteiger partial charge in [0, 0.05) is 6.04 Å². The molecule has 2 aliphatic rings. The zero-order valence-electron chi connectivity index (χ0n) is 13.7. The molecule has 3 heteroatoms. The molecular formula is C17H32N2O. The molecule has 0 spiro atoms. The maximum absolute atomic E-state index is 12.8. The van der Waals surface area contributed by atoms with Crippen LogP contribution in [0, 0.1) is 11.8 Å². The standard InChI is InChI=1S/C17H32N2O/c1-5-6-7-15-17(20)19(14-9-8-13(4)11-14)16(18-15)10-12(2)3/h12-16,18H,5-11H2,1-4H3. The number of hydrogen-bond acceptors (Lipinski definition) is 2. The van der Waals surface area contributed by atoms with E-state index >= 15 is 0 Å². The van der Waals surface area contributed by atoms with Crippen LogP contribution in [0.5, 0.6) is 0 Å². The minimum Gasteiger partial charge on any atom is -0.323 e. The summed E-state index contributed by atoms with van der Waals surface area (Å²) >= 11 is 0. The van der Waals surface area contributed by atoms with Crippen LogP contribution in [0.3, 0.4) is 0 Å². The van der Waals surface area contributed by atoms with Gasteiger partial charge in [0.25, 0.3) is 0 Å². The van der Waals surface area contributed by atoms with Crippen LogP contribution < -0.4 is 5.32 Å².